The Bertz CT molecular complexity index is 780. The van der Waals surface area contributed by atoms with E-state index < -0.39 is 0 Å². The molecule has 0 radical (unpaired) electrons. The first-order chi connectivity index (χ1) is 12.6. The molecule has 0 atom stereocenters. The van der Waals surface area contributed by atoms with Crippen molar-refractivity contribution in [2.45, 2.75) is 32.4 Å². The van der Waals surface area contributed by atoms with Crippen LogP contribution in [0.25, 0.3) is 11.3 Å². The average molecular weight is 359 g/mol. The molecule has 1 saturated carbocycles. The number of hydrogen-bond acceptors (Lipinski definition) is 5. The number of carbonyl (C=O) groups excluding carboxylic acids is 1. The highest BCUT2D eigenvalue weighted by atomic mass is 19.1. The Morgan fingerprint density at radius 2 is 1.96 bits per heavy atom. The third kappa shape index (κ3) is 3.44. The van der Waals surface area contributed by atoms with Crippen molar-refractivity contribution < 1.29 is 18.4 Å². The second-order valence-corrected chi connectivity index (χ2v) is 6.80. The van der Waals surface area contributed by atoms with E-state index in [2.05, 4.69) is 10.1 Å². The minimum atomic E-state index is -0.296. The van der Waals surface area contributed by atoms with E-state index in [-0.39, 0.29) is 11.7 Å². The van der Waals surface area contributed by atoms with E-state index in [4.69, 9.17) is 9.26 Å². The summed E-state index contributed by atoms with van der Waals surface area (Å²) in [4.78, 5) is 16.1. The van der Waals surface area contributed by atoms with Gasteiger partial charge in [0.25, 0.3) is 0 Å². The number of amides is 1. The molecule has 2 fully saturated rings. The lowest BCUT2D eigenvalue weighted by atomic mass is 10.1. The largest absolute Gasteiger partial charge is 0.378 e. The topological polar surface area (TPSA) is 58.8 Å². The molecule has 1 amide bonds. The summed E-state index contributed by atoms with van der Waals surface area (Å²) in [5.74, 6) is 0.432. The molecule has 1 aromatic heterocycles. The van der Waals surface area contributed by atoms with Gasteiger partial charge in [-0.15, -0.1) is 0 Å². The number of morpholine rings is 1. The summed E-state index contributed by atoms with van der Waals surface area (Å²) < 4.78 is 24.4. The summed E-state index contributed by atoms with van der Waals surface area (Å²) in [6, 6.07) is 6.49. The number of halogens is 1. The molecule has 1 saturated heterocycles. The van der Waals surface area contributed by atoms with Crippen LogP contribution in [0.3, 0.4) is 0 Å². The van der Waals surface area contributed by atoms with E-state index in [1.807, 2.05) is 4.90 Å². The highest BCUT2D eigenvalue weighted by molar-refractivity contribution is 5.75. The minimum Gasteiger partial charge on any atom is -0.378 e. The van der Waals surface area contributed by atoms with Crippen molar-refractivity contribution in [2.75, 3.05) is 31.2 Å². The lowest BCUT2D eigenvalue weighted by Gasteiger charge is -2.28. The molecule has 0 bridgehead atoms. The molecule has 4 rings (SSSR count). The normalized spacial score (nSPS) is 17.4. The summed E-state index contributed by atoms with van der Waals surface area (Å²) in [6.07, 6.45) is 2.06. The fourth-order valence-electron chi connectivity index (χ4n) is 3.35. The van der Waals surface area contributed by atoms with Gasteiger partial charge in [0.1, 0.15) is 11.5 Å². The highest BCUT2D eigenvalue weighted by Gasteiger charge is 2.34. The number of benzene rings is 1. The third-order valence-electron chi connectivity index (χ3n) is 4.90. The van der Waals surface area contributed by atoms with Gasteiger partial charge in [-0.3, -0.25) is 4.79 Å². The van der Waals surface area contributed by atoms with Gasteiger partial charge in [-0.25, -0.2) is 4.39 Å². The van der Waals surface area contributed by atoms with Crippen LogP contribution in [0.15, 0.2) is 28.8 Å². The Morgan fingerprint density at radius 3 is 2.58 bits per heavy atom. The molecule has 1 aromatic carbocycles. The molecular formula is C19H22FN3O3. The lowest BCUT2D eigenvalue weighted by Crippen LogP contribution is -2.37. The van der Waals surface area contributed by atoms with Crippen LogP contribution in [0.5, 0.6) is 0 Å². The van der Waals surface area contributed by atoms with Crippen LogP contribution in [-0.2, 0) is 16.1 Å². The van der Waals surface area contributed by atoms with Gasteiger partial charge in [-0.2, -0.15) is 0 Å². The number of rotatable bonds is 5. The zero-order valence-electron chi connectivity index (χ0n) is 14.8. The predicted molar refractivity (Wildman–Crippen MR) is 94.2 cm³/mol. The fraction of sp³-hybridized carbons (Fsp3) is 0.474. The van der Waals surface area contributed by atoms with E-state index in [0.29, 0.717) is 50.5 Å². The Balaban J connectivity index is 1.72. The zero-order chi connectivity index (χ0) is 18.1. The second-order valence-electron chi connectivity index (χ2n) is 6.80. The number of nitrogens with zero attached hydrogens (tertiary/aromatic N) is 3. The summed E-state index contributed by atoms with van der Waals surface area (Å²) >= 11 is 0. The van der Waals surface area contributed by atoms with Crippen LogP contribution < -0.4 is 4.90 Å². The Kier molecular flexibility index (Phi) is 4.63. The molecule has 2 aliphatic rings. The molecule has 7 heteroatoms. The maximum atomic E-state index is 13.3. The number of aromatic nitrogens is 1. The minimum absolute atomic E-state index is 0.0479. The molecule has 6 nitrogen and oxygen atoms in total. The van der Waals surface area contributed by atoms with Crippen LogP contribution in [0, 0.1) is 5.82 Å². The average Bonchev–Trinajstić information content (AvgIpc) is 3.40. The molecule has 1 aliphatic carbocycles. The van der Waals surface area contributed by atoms with E-state index in [9.17, 15) is 9.18 Å². The monoisotopic (exact) mass is 359 g/mol. The van der Waals surface area contributed by atoms with Crippen LogP contribution in [0.2, 0.25) is 0 Å². The van der Waals surface area contributed by atoms with Crippen molar-refractivity contribution in [3.05, 3.63) is 35.6 Å². The van der Waals surface area contributed by atoms with Gasteiger partial charge in [0.15, 0.2) is 0 Å². The molecule has 2 aromatic rings. The zero-order valence-corrected chi connectivity index (χ0v) is 14.8. The Labute approximate surface area is 151 Å². The molecule has 2 heterocycles. The maximum Gasteiger partial charge on any atom is 0.233 e. The van der Waals surface area contributed by atoms with Gasteiger partial charge < -0.3 is 19.1 Å². The standard InChI is InChI=1S/C19H22FN3O3/c1-13(24)23(16-6-7-16)12-17-18(14-2-4-15(20)5-3-14)21-26-19(17)22-8-10-25-11-9-22/h2-5,16H,6-12H2,1H3. The quantitative estimate of drug-likeness (QED) is 0.822. The van der Waals surface area contributed by atoms with E-state index in [1.54, 1.807) is 19.1 Å². The molecule has 1 aliphatic heterocycles. The SMILES string of the molecule is CC(=O)N(Cc1c(-c2ccc(F)cc2)noc1N1CCOCC1)C1CC1. The van der Waals surface area contributed by atoms with Gasteiger partial charge in [-0.1, -0.05) is 5.16 Å². The lowest BCUT2D eigenvalue weighted by molar-refractivity contribution is -0.130. The van der Waals surface area contributed by atoms with Gasteiger partial charge in [0.05, 0.1) is 25.3 Å². The van der Waals surface area contributed by atoms with Crippen molar-refractivity contribution >= 4 is 11.8 Å². The molecule has 0 unspecified atom stereocenters. The smallest absolute Gasteiger partial charge is 0.233 e. The Morgan fingerprint density at radius 1 is 1.27 bits per heavy atom. The number of ether oxygens (including phenoxy) is 1. The van der Waals surface area contributed by atoms with Crippen LogP contribution in [0.1, 0.15) is 25.3 Å². The van der Waals surface area contributed by atoms with Gasteiger partial charge >= 0.3 is 0 Å². The van der Waals surface area contributed by atoms with Crippen LogP contribution >= 0.6 is 0 Å². The Hall–Kier alpha value is -2.41. The van der Waals surface area contributed by atoms with E-state index in [1.165, 1.54) is 12.1 Å². The van der Waals surface area contributed by atoms with E-state index >= 15 is 0 Å². The predicted octanol–water partition coefficient (Wildman–Crippen LogP) is 2.83. The fourth-order valence-corrected chi connectivity index (χ4v) is 3.35. The van der Waals surface area contributed by atoms with Crippen LogP contribution in [0.4, 0.5) is 10.3 Å². The van der Waals surface area contributed by atoms with Crippen molar-refractivity contribution in [1.82, 2.24) is 10.1 Å². The van der Waals surface area contributed by atoms with Crippen molar-refractivity contribution in [1.29, 1.82) is 0 Å². The molecule has 0 spiro atoms. The summed E-state index contributed by atoms with van der Waals surface area (Å²) in [5.41, 5.74) is 2.32. The first-order valence-electron chi connectivity index (χ1n) is 8.98. The number of hydrogen-bond donors (Lipinski definition) is 0. The van der Waals surface area contributed by atoms with E-state index in [0.717, 1.165) is 24.0 Å². The third-order valence-corrected chi connectivity index (χ3v) is 4.90. The molecular weight excluding hydrogens is 337 g/mol. The van der Waals surface area contributed by atoms with Crippen molar-refractivity contribution in [3.8, 4) is 11.3 Å². The first-order valence-corrected chi connectivity index (χ1v) is 8.98. The van der Waals surface area contributed by atoms with Crippen molar-refractivity contribution in [2.24, 2.45) is 0 Å². The maximum absolute atomic E-state index is 13.3. The van der Waals surface area contributed by atoms with Gasteiger partial charge in [0, 0.05) is 31.6 Å². The highest BCUT2D eigenvalue weighted by Crippen LogP contribution is 2.36. The second kappa shape index (κ2) is 7.07. The summed E-state index contributed by atoms with van der Waals surface area (Å²) in [6.45, 7) is 4.74. The van der Waals surface area contributed by atoms with Gasteiger partial charge in [0.2, 0.25) is 11.8 Å². The first kappa shape index (κ1) is 17.0. The number of carbonyl (C=O) groups is 1. The molecule has 0 N–H and O–H groups in total. The summed E-state index contributed by atoms with van der Waals surface area (Å²) in [7, 11) is 0. The van der Waals surface area contributed by atoms with Crippen molar-refractivity contribution in [3.63, 3.8) is 0 Å². The number of anilines is 1. The van der Waals surface area contributed by atoms with Gasteiger partial charge in [-0.05, 0) is 37.1 Å². The van der Waals surface area contributed by atoms with Crippen LogP contribution in [-0.4, -0.2) is 48.3 Å². The molecule has 138 valence electrons. The molecule has 26 heavy (non-hydrogen) atoms. The summed E-state index contributed by atoms with van der Waals surface area (Å²) in [5, 5.41) is 4.27.